The largest absolute Gasteiger partial charge is 0.491 e. The van der Waals surface area contributed by atoms with Gasteiger partial charge in [0, 0.05) is 16.7 Å². The van der Waals surface area contributed by atoms with Crippen molar-refractivity contribution in [3.05, 3.63) is 59.7 Å². The van der Waals surface area contributed by atoms with Gasteiger partial charge in [-0.1, -0.05) is 6.07 Å². The van der Waals surface area contributed by atoms with E-state index in [1.54, 1.807) is 0 Å². The molecule has 0 bridgehead atoms. The first-order chi connectivity index (χ1) is 12.4. The summed E-state index contributed by atoms with van der Waals surface area (Å²) in [4.78, 5) is 4.30. The molecule has 6 heteroatoms. The monoisotopic (exact) mass is 359 g/mol. The number of guanidine groups is 1. The molecule has 1 fully saturated rings. The lowest BCUT2D eigenvalue weighted by molar-refractivity contribution is 0.242. The van der Waals surface area contributed by atoms with Gasteiger partial charge in [0.15, 0.2) is 5.96 Å². The number of nitrogens with one attached hydrogen (secondary N) is 1. The lowest BCUT2D eigenvalue weighted by atomic mass is 9.95. The van der Waals surface area contributed by atoms with Crippen molar-refractivity contribution in [2.24, 2.45) is 10.7 Å². The Balaban J connectivity index is 1.65. The molecule has 26 heavy (non-hydrogen) atoms. The summed E-state index contributed by atoms with van der Waals surface area (Å²) in [6, 6.07) is 11.3. The van der Waals surface area contributed by atoms with E-state index >= 15 is 0 Å². The predicted molar refractivity (Wildman–Crippen MR) is 99.6 cm³/mol. The topological polar surface area (TPSA) is 59.6 Å². The number of hydrogen-bond acceptors (Lipinski definition) is 2. The van der Waals surface area contributed by atoms with Crippen molar-refractivity contribution in [3.63, 3.8) is 0 Å². The highest BCUT2D eigenvalue weighted by Crippen LogP contribution is 2.50. The average molecular weight is 359 g/mol. The lowest BCUT2D eigenvalue weighted by Crippen LogP contribution is -2.25. The van der Waals surface area contributed by atoms with Gasteiger partial charge in [-0.3, -0.25) is 4.99 Å². The van der Waals surface area contributed by atoms with Gasteiger partial charge in [0.05, 0.1) is 12.6 Å². The second-order valence-corrected chi connectivity index (χ2v) is 6.89. The standard InChI is InChI=1S/C20H23F2N3O/c1-13(2)26-15-8-6-14(7-9-15)25-19(23)24-12-20(10-11-20)18-16(21)4-3-5-17(18)22/h3-9,13H,10-12H2,1-2H3,(H3,23,24,25). The van der Waals surface area contributed by atoms with Crippen LogP contribution in [-0.2, 0) is 5.41 Å². The molecular formula is C20H23F2N3O. The zero-order valence-electron chi connectivity index (χ0n) is 14.9. The molecule has 0 heterocycles. The molecule has 0 saturated heterocycles. The number of benzene rings is 2. The van der Waals surface area contributed by atoms with Crippen LogP contribution in [0.3, 0.4) is 0 Å². The Bertz CT molecular complexity index is 779. The van der Waals surface area contributed by atoms with Crippen LogP contribution >= 0.6 is 0 Å². The summed E-state index contributed by atoms with van der Waals surface area (Å²) in [5, 5.41) is 2.99. The van der Waals surface area contributed by atoms with Crippen molar-refractivity contribution >= 4 is 11.6 Å². The average Bonchev–Trinajstić information content (AvgIpc) is 3.35. The second-order valence-electron chi connectivity index (χ2n) is 6.89. The number of rotatable bonds is 6. The smallest absolute Gasteiger partial charge is 0.193 e. The molecule has 2 aromatic rings. The van der Waals surface area contributed by atoms with Gasteiger partial charge in [0.1, 0.15) is 17.4 Å². The van der Waals surface area contributed by atoms with Crippen molar-refractivity contribution in [2.75, 3.05) is 11.9 Å². The highest BCUT2D eigenvalue weighted by atomic mass is 19.1. The summed E-state index contributed by atoms with van der Waals surface area (Å²) in [5.41, 5.74) is 6.23. The third kappa shape index (κ3) is 4.12. The Morgan fingerprint density at radius 3 is 2.31 bits per heavy atom. The van der Waals surface area contributed by atoms with E-state index in [-0.39, 0.29) is 24.2 Å². The van der Waals surface area contributed by atoms with Crippen molar-refractivity contribution in [1.29, 1.82) is 0 Å². The third-order valence-corrected chi connectivity index (χ3v) is 4.40. The van der Waals surface area contributed by atoms with E-state index < -0.39 is 17.0 Å². The van der Waals surface area contributed by atoms with Gasteiger partial charge in [-0.2, -0.15) is 0 Å². The van der Waals surface area contributed by atoms with E-state index in [0.29, 0.717) is 12.8 Å². The normalized spacial score (nSPS) is 15.8. The van der Waals surface area contributed by atoms with Gasteiger partial charge in [-0.15, -0.1) is 0 Å². The zero-order valence-corrected chi connectivity index (χ0v) is 14.9. The highest BCUT2D eigenvalue weighted by molar-refractivity contribution is 5.92. The Labute approximate surface area is 152 Å². The minimum Gasteiger partial charge on any atom is -0.491 e. The SMILES string of the molecule is CC(C)Oc1ccc(NC(N)=NCC2(c3c(F)cccc3F)CC2)cc1. The van der Waals surface area contributed by atoms with Crippen LogP contribution in [0.15, 0.2) is 47.5 Å². The van der Waals surface area contributed by atoms with Crippen LogP contribution < -0.4 is 15.8 Å². The van der Waals surface area contributed by atoms with E-state index in [1.165, 1.54) is 18.2 Å². The summed E-state index contributed by atoms with van der Waals surface area (Å²) in [7, 11) is 0. The molecule has 3 N–H and O–H groups in total. The predicted octanol–water partition coefficient (Wildman–Crippen LogP) is 4.21. The molecule has 0 atom stereocenters. The molecule has 0 unspecified atom stereocenters. The maximum absolute atomic E-state index is 14.0. The zero-order chi connectivity index (χ0) is 18.7. The van der Waals surface area contributed by atoms with Gasteiger partial charge >= 0.3 is 0 Å². The minimum absolute atomic E-state index is 0.106. The number of nitrogens with zero attached hydrogens (tertiary/aromatic N) is 1. The number of anilines is 1. The van der Waals surface area contributed by atoms with Crippen molar-refractivity contribution < 1.29 is 13.5 Å². The number of aliphatic imine (C=N–C) groups is 1. The summed E-state index contributed by atoms with van der Waals surface area (Å²) in [6.45, 7) is 4.17. The van der Waals surface area contributed by atoms with E-state index in [2.05, 4.69) is 10.3 Å². The van der Waals surface area contributed by atoms with Crippen molar-refractivity contribution in [2.45, 2.75) is 38.2 Å². The van der Waals surface area contributed by atoms with Crippen LogP contribution in [-0.4, -0.2) is 18.6 Å². The number of nitrogens with two attached hydrogens (primary N) is 1. The molecule has 0 amide bonds. The van der Waals surface area contributed by atoms with Gasteiger partial charge in [0.2, 0.25) is 0 Å². The Hall–Kier alpha value is -2.63. The van der Waals surface area contributed by atoms with E-state index in [9.17, 15) is 8.78 Å². The van der Waals surface area contributed by atoms with Crippen LogP contribution in [0.1, 0.15) is 32.3 Å². The van der Waals surface area contributed by atoms with E-state index in [4.69, 9.17) is 10.5 Å². The molecule has 0 spiro atoms. The molecule has 138 valence electrons. The lowest BCUT2D eigenvalue weighted by Gasteiger charge is -2.16. The first-order valence-electron chi connectivity index (χ1n) is 8.68. The molecule has 3 rings (SSSR count). The summed E-state index contributed by atoms with van der Waals surface area (Å²) in [6.07, 6.45) is 1.50. The fourth-order valence-corrected chi connectivity index (χ4v) is 2.96. The van der Waals surface area contributed by atoms with Crippen molar-refractivity contribution in [1.82, 2.24) is 0 Å². The quantitative estimate of drug-likeness (QED) is 0.600. The fraction of sp³-hybridized carbons (Fsp3) is 0.350. The molecule has 0 radical (unpaired) electrons. The number of hydrogen-bond donors (Lipinski definition) is 2. The molecule has 2 aromatic carbocycles. The summed E-state index contributed by atoms with van der Waals surface area (Å²) >= 11 is 0. The number of halogens is 2. The second kappa shape index (κ2) is 7.32. The number of ether oxygens (including phenoxy) is 1. The van der Waals surface area contributed by atoms with Crippen LogP contribution in [0.2, 0.25) is 0 Å². The first kappa shape index (κ1) is 18.2. The summed E-state index contributed by atoms with van der Waals surface area (Å²) < 4.78 is 33.7. The van der Waals surface area contributed by atoms with E-state index in [0.717, 1.165) is 11.4 Å². The third-order valence-electron chi connectivity index (χ3n) is 4.40. The van der Waals surface area contributed by atoms with Crippen molar-refractivity contribution in [3.8, 4) is 5.75 Å². The molecule has 0 aromatic heterocycles. The molecule has 1 aliphatic carbocycles. The van der Waals surface area contributed by atoms with Gasteiger partial charge in [0.25, 0.3) is 0 Å². The molecule has 1 aliphatic rings. The Kier molecular flexibility index (Phi) is 5.11. The first-order valence-corrected chi connectivity index (χ1v) is 8.68. The van der Waals surface area contributed by atoms with Gasteiger partial charge in [-0.25, -0.2) is 8.78 Å². The minimum atomic E-state index is -0.587. The molecular weight excluding hydrogens is 336 g/mol. The Morgan fingerprint density at radius 2 is 1.77 bits per heavy atom. The van der Waals surface area contributed by atoms with Gasteiger partial charge in [-0.05, 0) is 63.1 Å². The van der Waals surface area contributed by atoms with Crippen LogP contribution in [0, 0.1) is 11.6 Å². The maximum atomic E-state index is 14.0. The fourth-order valence-electron chi connectivity index (χ4n) is 2.96. The van der Waals surface area contributed by atoms with Gasteiger partial charge < -0.3 is 15.8 Å². The Morgan fingerprint density at radius 1 is 1.15 bits per heavy atom. The van der Waals surface area contributed by atoms with Crippen LogP contribution in [0.5, 0.6) is 5.75 Å². The molecule has 1 saturated carbocycles. The maximum Gasteiger partial charge on any atom is 0.193 e. The van der Waals surface area contributed by atoms with E-state index in [1.807, 2.05) is 38.1 Å². The molecule has 4 nitrogen and oxygen atoms in total. The van der Waals surface area contributed by atoms with Crippen LogP contribution in [0.25, 0.3) is 0 Å². The van der Waals surface area contributed by atoms with Crippen LogP contribution in [0.4, 0.5) is 14.5 Å². The summed E-state index contributed by atoms with van der Waals surface area (Å²) in [5.74, 6) is -0.0616. The molecule has 0 aliphatic heterocycles. The highest BCUT2D eigenvalue weighted by Gasteiger charge is 2.47.